The fourth-order valence-corrected chi connectivity index (χ4v) is 8.54. The Bertz CT molecular complexity index is 2810. The number of thiophene rings is 1. The summed E-state index contributed by atoms with van der Waals surface area (Å²) < 4.78 is 5.11. The average Bonchev–Trinajstić information content (AvgIpc) is 3.67. The zero-order valence-corrected chi connectivity index (χ0v) is 25.8. The van der Waals surface area contributed by atoms with Gasteiger partial charge in [0.25, 0.3) is 0 Å². The van der Waals surface area contributed by atoms with E-state index >= 15 is 0 Å². The third-order valence-electron chi connectivity index (χ3n) is 9.57. The van der Waals surface area contributed by atoms with E-state index < -0.39 is 0 Å². The Kier molecular flexibility index (Phi) is 5.51. The minimum Gasteiger partial charge on any atom is -0.309 e. The van der Waals surface area contributed by atoms with Crippen molar-refractivity contribution in [2.75, 3.05) is 0 Å². The van der Waals surface area contributed by atoms with Crippen LogP contribution in [0, 0.1) is 0 Å². The van der Waals surface area contributed by atoms with Crippen molar-refractivity contribution in [3.05, 3.63) is 164 Å². The van der Waals surface area contributed by atoms with Gasteiger partial charge in [-0.15, -0.1) is 11.3 Å². The Hall–Kier alpha value is -5.70. The fraction of sp³-hybridized carbons (Fsp3) is 0. The molecule has 2 heterocycles. The van der Waals surface area contributed by atoms with Gasteiger partial charge in [0.1, 0.15) is 0 Å². The second-order valence-corrected chi connectivity index (χ2v) is 13.2. The van der Waals surface area contributed by atoms with E-state index in [1.165, 1.54) is 91.5 Å². The summed E-state index contributed by atoms with van der Waals surface area (Å²) in [6.45, 7) is 0. The summed E-state index contributed by atoms with van der Waals surface area (Å²) in [7, 11) is 0. The minimum atomic E-state index is 1.22. The van der Waals surface area contributed by atoms with E-state index in [-0.39, 0.29) is 0 Å². The molecular weight excluding hydrogens is 575 g/mol. The highest BCUT2D eigenvalue weighted by Crippen LogP contribution is 2.42. The molecule has 0 atom stereocenters. The van der Waals surface area contributed by atoms with E-state index in [1.54, 1.807) is 0 Å². The second-order valence-electron chi connectivity index (χ2n) is 12.1. The van der Waals surface area contributed by atoms with Gasteiger partial charge >= 0.3 is 0 Å². The van der Waals surface area contributed by atoms with E-state index in [4.69, 9.17) is 0 Å². The maximum Gasteiger partial charge on any atom is 0.0555 e. The molecule has 0 spiro atoms. The van der Waals surface area contributed by atoms with Crippen LogP contribution < -0.4 is 0 Å². The van der Waals surface area contributed by atoms with Crippen molar-refractivity contribution in [3.8, 4) is 27.9 Å². The number of fused-ring (bicyclic) bond motifs is 9. The molecule has 1 nitrogen and oxygen atoms in total. The van der Waals surface area contributed by atoms with Crippen LogP contribution in [0.4, 0.5) is 0 Å². The largest absolute Gasteiger partial charge is 0.309 e. The van der Waals surface area contributed by atoms with Gasteiger partial charge in [-0.3, -0.25) is 0 Å². The van der Waals surface area contributed by atoms with E-state index in [2.05, 4.69) is 168 Å². The molecule has 0 amide bonds. The van der Waals surface area contributed by atoms with Gasteiger partial charge in [0.05, 0.1) is 16.7 Å². The molecule has 0 saturated carbocycles. The summed E-state index contributed by atoms with van der Waals surface area (Å²) in [6.07, 6.45) is 0. The zero-order valence-electron chi connectivity index (χ0n) is 24.9. The molecular formula is C44H27NS. The zero-order chi connectivity index (χ0) is 30.2. The molecule has 0 aliphatic carbocycles. The number of aromatic nitrogens is 1. The van der Waals surface area contributed by atoms with Crippen LogP contribution in [0.2, 0.25) is 0 Å². The topological polar surface area (TPSA) is 4.93 Å². The monoisotopic (exact) mass is 601 g/mol. The predicted molar refractivity (Wildman–Crippen MR) is 200 cm³/mol. The van der Waals surface area contributed by atoms with Crippen LogP contribution in [0.3, 0.4) is 0 Å². The van der Waals surface area contributed by atoms with Crippen molar-refractivity contribution in [3.63, 3.8) is 0 Å². The van der Waals surface area contributed by atoms with Gasteiger partial charge < -0.3 is 4.57 Å². The van der Waals surface area contributed by atoms with Gasteiger partial charge in [0.15, 0.2) is 0 Å². The van der Waals surface area contributed by atoms with Crippen LogP contribution in [0.5, 0.6) is 0 Å². The van der Waals surface area contributed by atoms with E-state index in [9.17, 15) is 0 Å². The summed E-state index contributed by atoms with van der Waals surface area (Å²) in [4.78, 5) is 0. The van der Waals surface area contributed by atoms with Gasteiger partial charge in [0.2, 0.25) is 0 Å². The summed E-state index contributed by atoms with van der Waals surface area (Å²) in [5.74, 6) is 0. The molecule has 0 aliphatic heterocycles. The highest BCUT2D eigenvalue weighted by molar-refractivity contribution is 7.25. The Labute approximate surface area is 270 Å². The molecule has 0 unspecified atom stereocenters. The summed E-state index contributed by atoms with van der Waals surface area (Å²) >= 11 is 1.87. The fourth-order valence-electron chi connectivity index (χ4n) is 7.41. The highest BCUT2D eigenvalue weighted by atomic mass is 32.1. The SMILES string of the molecule is c1cc(-c2ccc3ccc4ccccc4c3c2)cc(-c2ccc3c(c2)c2ccccc2n3-c2cccc3sc4ccccc4c23)c1. The van der Waals surface area contributed by atoms with Crippen molar-refractivity contribution in [1.29, 1.82) is 0 Å². The number of hydrogen-bond donors (Lipinski definition) is 0. The van der Waals surface area contributed by atoms with E-state index in [0.717, 1.165) is 0 Å². The number of para-hydroxylation sites is 1. The van der Waals surface area contributed by atoms with Crippen molar-refractivity contribution in [2.24, 2.45) is 0 Å². The number of hydrogen-bond acceptors (Lipinski definition) is 1. The molecule has 2 heteroatoms. The van der Waals surface area contributed by atoms with Gasteiger partial charge in [-0.2, -0.15) is 0 Å². The van der Waals surface area contributed by atoms with Crippen molar-refractivity contribution in [2.45, 2.75) is 0 Å². The lowest BCUT2D eigenvalue weighted by Gasteiger charge is -2.11. The van der Waals surface area contributed by atoms with Crippen molar-refractivity contribution < 1.29 is 0 Å². The first kappa shape index (κ1) is 25.6. The molecule has 10 aromatic rings. The maximum absolute atomic E-state index is 2.46. The molecule has 10 rings (SSSR count). The molecule has 0 bridgehead atoms. The molecule has 0 fully saturated rings. The maximum atomic E-state index is 2.46. The van der Waals surface area contributed by atoms with Crippen LogP contribution >= 0.6 is 11.3 Å². The molecule has 46 heavy (non-hydrogen) atoms. The first-order valence-corrected chi connectivity index (χ1v) is 16.6. The lowest BCUT2D eigenvalue weighted by atomic mass is 9.95. The van der Waals surface area contributed by atoms with E-state index in [1.807, 2.05) is 11.3 Å². The third-order valence-corrected chi connectivity index (χ3v) is 10.7. The van der Waals surface area contributed by atoms with Gasteiger partial charge in [0, 0.05) is 30.9 Å². The smallest absolute Gasteiger partial charge is 0.0555 e. The molecule has 0 saturated heterocycles. The predicted octanol–water partition coefficient (Wildman–Crippen LogP) is 12.8. The van der Waals surface area contributed by atoms with Crippen LogP contribution in [-0.4, -0.2) is 4.57 Å². The van der Waals surface area contributed by atoms with Gasteiger partial charge in [-0.05, 0) is 92.3 Å². The number of rotatable bonds is 3. The number of benzene rings is 8. The van der Waals surface area contributed by atoms with Gasteiger partial charge in [-0.25, -0.2) is 0 Å². The first-order valence-electron chi connectivity index (χ1n) is 15.8. The average molecular weight is 602 g/mol. The standard InChI is InChI=1S/C44H27NS/c1-2-12-34-28(9-1)19-20-29-21-22-32(26-37(29)34)30-10-7-11-31(25-30)33-23-24-40-38(27-33)35-13-3-5-15-39(35)45(40)41-16-8-18-43-44(41)36-14-4-6-17-42(36)46-43/h1-27H. The first-order chi connectivity index (χ1) is 22.8. The van der Waals surface area contributed by atoms with Crippen LogP contribution in [0.1, 0.15) is 0 Å². The molecule has 2 aromatic heterocycles. The minimum absolute atomic E-state index is 1.22. The molecule has 0 N–H and O–H groups in total. The highest BCUT2D eigenvalue weighted by Gasteiger charge is 2.17. The Morgan fingerprint density at radius 2 is 0.935 bits per heavy atom. The van der Waals surface area contributed by atoms with Crippen molar-refractivity contribution >= 4 is 74.9 Å². The molecule has 8 aromatic carbocycles. The lowest BCUT2D eigenvalue weighted by Crippen LogP contribution is -1.94. The lowest BCUT2D eigenvalue weighted by molar-refractivity contribution is 1.20. The van der Waals surface area contributed by atoms with Crippen molar-refractivity contribution in [1.82, 2.24) is 4.57 Å². The third kappa shape index (κ3) is 3.81. The van der Waals surface area contributed by atoms with Crippen LogP contribution in [0.25, 0.3) is 91.5 Å². The molecule has 0 radical (unpaired) electrons. The summed E-state index contributed by atoms with van der Waals surface area (Å²) in [6, 6.07) is 60.3. The van der Waals surface area contributed by atoms with Crippen LogP contribution in [-0.2, 0) is 0 Å². The van der Waals surface area contributed by atoms with E-state index in [0.29, 0.717) is 0 Å². The Morgan fingerprint density at radius 1 is 0.348 bits per heavy atom. The second kappa shape index (κ2) is 9.90. The molecule has 0 aliphatic rings. The summed E-state index contributed by atoms with van der Waals surface area (Å²) in [5, 5.41) is 10.3. The Balaban J connectivity index is 1.15. The normalized spacial score (nSPS) is 11.9. The van der Waals surface area contributed by atoms with Gasteiger partial charge in [-0.1, -0.05) is 115 Å². The Morgan fingerprint density at radius 3 is 1.80 bits per heavy atom. The quantitative estimate of drug-likeness (QED) is 0.178. The van der Waals surface area contributed by atoms with Crippen LogP contribution in [0.15, 0.2) is 164 Å². The number of nitrogens with zero attached hydrogens (tertiary/aromatic N) is 1. The summed E-state index contributed by atoms with van der Waals surface area (Å²) in [5.41, 5.74) is 8.60. The molecule has 214 valence electrons.